The summed E-state index contributed by atoms with van der Waals surface area (Å²) in [5.74, 6) is 2.00. The lowest BCUT2D eigenvalue weighted by atomic mass is 10.2. The van der Waals surface area contributed by atoms with E-state index in [4.69, 9.17) is 16.3 Å². The van der Waals surface area contributed by atoms with Gasteiger partial charge in [0, 0.05) is 64.5 Å². The van der Waals surface area contributed by atoms with Crippen LogP contribution >= 0.6 is 11.6 Å². The molecule has 0 aromatic carbocycles. The Balaban J connectivity index is 1.38. The number of aryl methyl sites for hydroxylation is 2. The van der Waals surface area contributed by atoms with E-state index in [1.54, 1.807) is 11.0 Å². The molecular weight excluding hydrogens is 378 g/mol. The molecule has 0 bridgehead atoms. The normalized spacial score (nSPS) is 18.7. The second kappa shape index (κ2) is 8.63. The Morgan fingerprint density at radius 3 is 2.29 bits per heavy atom. The molecule has 2 aromatic heterocycles. The van der Waals surface area contributed by atoms with Gasteiger partial charge in [-0.25, -0.2) is 9.97 Å². The zero-order valence-corrected chi connectivity index (χ0v) is 17.4. The van der Waals surface area contributed by atoms with Crippen LogP contribution in [0.2, 0.25) is 5.15 Å². The molecule has 28 heavy (non-hydrogen) atoms. The van der Waals surface area contributed by atoms with Crippen LogP contribution in [0.25, 0.3) is 0 Å². The van der Waals surface area contributed by atoms with Crippen molar-refractivity contribution in [3.63, 3.8) is 0 Å². The van der Waals surface area contributed by atoms with Crippen LogP contribution in [0.4, 0.5) is 11.6 Å². The first kappa shape index (κ1) is 19.4. The first-order valence-electron chi connectivity index (χ1n) is 9.98. The third kappa shape index (κ3) is 4.09. The van der Waals surface area contributed by atoms with Gasteiger partial charge in [-0.15, -0.1) is 0 Å². The third-order valence-electron chi connectivity index (χ3n) is 5.54. The fourth-order valence-electron chi connectivity index (χ4n) is 3.87. The van der Waals surface area contributed by atoms with Crippen LogP contribution in [0.3, 0.4) is 0 Å². The summed E-state index contributed by atoms with van der Waals surface area (Å²) < 4.78 is 7.22. The first-order chi connectivity index (χ1) is 13.7. The summed E-state index contributed by atoms with van der Waals surface area (Å²) in [4.78, 5) is 16.0. The van der Waals surface area contributed by atoms with Gasteiger partial charge in [0.2, 0.25) is 0 Å². The molecule has 2 aliphatic heterocycles. The number of rotatable bonds is 5. The number of halogens is 1. The maximum atomic E-state index is 6.46. The number of nitrogens with zero attached hydrogens (tertiary/aromatic N) is 7. The predicted molar refractivity (Wildman–Crippen MR) is 110 cm³/mol. The van der Waals surface area contributed by atoms with Gasteiger partial charge in [-0.1, -0.05) is 18.5 Å². The molecule has 0 radical (unpaired) electrons. The largest absolute Gasteiger partial charge is 0.378 e. The highest BCUT2D eigenvalue weighted by Crippen LogP contribution is 2.24. The van der Waals surface area contributed by atoms with E-state index in [0.29, 0.717) is 0 Å². The molecule has 8 nitrogen and oxygen atoms in total. The molecular formula is C19H28ClN7O. The summed E-state index contributed by atoms with van der Waals surface area (Å²) in [6.07, 6.45) is 2.58. The summed E-state index contributed by atoms with van der Waals surface area (Å²) in [7, 11) is 1.91. The molecule has 9 heteroatoms. The van der Waals surface area contributed by atoms with E-state index in [9.17, 15) is 0 Å². The van der Waals surface area contributed by atoms with Crippen LogP contribution in [0.5, 0.6) is 0 Å². The molecule has 0 saturated carbocycles. The van der Waals surface area contributed by atoms with E-state index in [2.05, 4.69) is 42.8 Å². The van der Waals surface area contributed by atoms with Crippen molar-refractivity contribution >= 4 is 23.2 Å². The monoisotopic (exact) mass is 405 g/mol. The highest BCUT2D eigenvalue weighted by atomic mass is 35.5. The number of hydrogen-bond acceptors (Lipinski definition) is 7. The molecule has 152 valence electrons. The van der Waals surface area contributed by atoms with Crippen LogP contribution in [0, 0.1) is 0 Å². The molecule has 0 atom stereocenters. The van der Waals surface area contributed by atoms with Gasteiger partial charge in [0.15, 0.2) is 0 Å². The Hall–Kier alpha value is -1.90. The fourth-order valence-corrected chi connectivity index (χ4v) is 4.08. The molecule has 0 N–H and O–H groups in total. The SMILES string of the molecule is CCc1nn(C)c(Cl)c1CN1CCN(c2cc(N3CCOCC3)ncn2)CC1. The van der Waals surface area contributed by atoms with Crippen LogP contribution in [-0.4, -0.2) is 77.1 Å². The Bertz CT molecular complexity index is 798. The molecule has 2 fully saturated rings. The van der Waals surface area contributed by atoms with Crippen molar-refractivity contribution in [2.75, 3.05) is 62.3 Å². The van der Waals surface area contributed by atoms with Crippen LogP contribution < -0.4 is 9.80 Å². The van der Waals surface area contributed by atoms with Gasteiger partial charge < -0.3 is 14.5 Å². The Labute approximate surface area is 171 Å². The number of hydrogen-bond donors (Lipinski definition) is 0. The number of piperazine rings is 1. The lowest BCUT2D eigenvalue weighted by molar-refractivity contribution is 0.122. The maximum absolute atomic E-state index is 6.46. The number of morpholine rings is 1. The van der Waals surface area contributed by atoms with Gasteiger partial charge in [-0.3, -0.25) is 9.58 Å². The fraction of sp³-hybridized carbons (Fsp3) is 0.632. The third-order valence-corrected chi connectivity index (χ3v) is 6.01. The van der Waals surface area contributed by atoms with E-state index < -0.39 is 0 Å². The molecule has 0 spiro atoms. The average molecular weight is 406 g/mol. The lowest BCUT2D eigenvalue weighted by Crippen LogP contribution is -2.46. The van der Waals surface area contributed by atoms with E-state index >= 15 is 0 Å². The molecule has 2 aromatic rings. The van der Waals surface area contributed by atoms with Crippen molar-refractivity contribution < 1.29 is 4.74 Å². The van der Waals surface area contributed by atoms with Crippen molar-refractivity contribution in [1.29, 1.82) is 0 Å². The second-order valence-electron chi connectivity index (χ2n) is 7.29. The standard InChI is InChI=1S/C19H28ClN7O/c1-3-16-15(19(20)24(2)23-16)13-25-4-6-26(7-5-25)17-12-18(22-14-21-17)27-8-10-28-11-9-27/h12,14H,3-11,13H2,1-2H3. The van der Waals surface area contributed by atoms with Gasteiger partial charge in [-0.2, -0.15) is 5.10 Å². The Morgan fingerprint density at radius 2 is 1.64 bits per heavy atom. The average Bonchev–Trinajstić information content (AvgIpc) is 3.03. The summed E-state index contributed by atoms with van der Waals surface area (Å²) in [6.45, 7) is 10.1. The summed E-state index contributed by atoms with van der Waals surface area (Å²) in [5.41, 5.74) is 2.26. The van der Waals surface area contributed by atoms with Crippen molar-refractivity contribution in [3.8, 4) is 0 Å². The van der Waals surface area contributed by atoms with E-state index in [1.165, 1.54) is 0 Å². The molecule has 0 amide bonds. The summed E-state index contributed by atoms with van der Waals surface area (Å²) in [6, 6.07) is 2.11. The number of ether oxygens (including phenoxy) is 1. The molecule has 4 rings (SSSR count). The smallest absolute Gasteiger partial charge is 0.134 e. The van der Waals surface area contributed by atoms with Crippen molar-refractivity contribution in [1.82, 2.24) is 24.6 Å². The molecule has 2 aliphatic rings. The highest BCUT2D eigenvalue weighted by molar-refractivity contribution is 6.30. The zero-order chi connectivity index (χ0) is 19.5. The lowest BCUT2D eigenvalue weighted by Gasteiger charge is -2.36. The van der Waals surface area contributed by atoms with Gasteiger partial charge in [-0.05, 0) is 6.42 Å². The quantitative estimate of drug-likeness (QED) is 0.748. The molecule has 0 unspecified atom stereocenters. The summed E-state index contributed by atoms with van der Waals surface area (Å²) in [5, 5.41) is 5.28. The number of anilines is 2. The minimum Gasteiger partial charge on any atom is -0.378 e. The van der Waals surface area contributed by atoms with Crippen molar-refractivity contribution in [3.05, 3.63) is 28.8 Å². The van der Waals surface area contributed by atoms with Gasteiger partial charge in [0.05, 0.1) is 18.9 Å². The molecule has 2 saturated heterocycles. The van der Waals surface area contributed by atoms with Crippen molar-refractivity contribution in [2.45, 2.75) is 19.9 Å². The van der Waals surface area contributed by atoms with Crippen LogP contribution in [0.15, 0.2) is 12.4 Å². The highest BCUT2D eigenvalue weighted by Gasteiger charge is 2.22. The van der Waals surface area contributed by atoms with Crippen LogP contribution in [-0.2, 0) is 24.8 Å². The summed E-state index contributed by atoms with van der Waals surface area (Å²) >= 11 is 6.46. The maximum Gasteiger partial charge on any atom is 0.134 e. The van der Waals surface area contributed by atoms with Gasteiger partial charge in [0.25, 0.3) is 0 Å². The van der Waals surface area contributed by atoms with Crippen molar-refractivity contribution in [2.24, 2.45) is 7.05 Å². The van der Waals surface area contributed by atoms with Crippen LogP contribution in [0.1, 0.15) is 18.2 Å². The second-order valence-corrected chi connectivity index (χ2v) is 7.65. The Kier molecular flexibility index (Phi) is 5.99. The first-order valence-corrected chi connectivity index (χ1v) is 10.4. The minimum atomic E-state index is 0.755. The van der Waals surface area contributed by atoms with E-state index in [-0.39, 0.29) is 0 Å². The number of aromatic nitrogens is 4. The molecule has 0 aliphatic carbocycles. The zero-order valence-electron chi connectivity index (χ0n) is 16.6. The topological polar surface area (TPSA) is 62.6 Å². The minimum absolute atomic E-state index is 0.755. The van der Waals surface area contributed by atoms with Gasteiger partial charge in [0.1, 0.15) is 23.1 Å². The Morgan fingerprint density at radius 1 is 1.00 bits per heavy atom. The molecule has 4 heterocycles. The van der Waals surface area contributed by atoms with Gasteiger partial charge >= 0.3 is 0 Å². The van der Waals surface area contributed by atoms with E-state index in [1.807, 2.05) is 7.05 Å². The predicted octanol–water partition coefficient (Wildman–Crippen LogP) is 1.58. The van der Waals surface area contributed by atoms with E-state index in [0.717, 1.165) is 93.5 Å².